The van der Waals surface area contributed by atoms with E-state index in [1.165, 1.54) is 11.0 Å². The van der Waals surface area contributed by atoms with Crippen molar-refractivity contribution in [3.63, 3.8) is 0 Å². The molecule has 0 amide bonds. The van der Waals surface area contributed by atoms with Crippen LogP contribution >= 0.6 is 24.0 Å². The minimum atomic E-state index is -4.57. The zero-order valence-electron chi connectivity index (χ0n) is 11.1. The molecule has 1 aromatic rings. The Balaban J connectivity index is 0.00000242. The number of hydrogen-bond acceptors (Lipinski definition) is 2. The van der Waals surface area contributed by atoms with Crippen LogP contribution in [0.25, 0.3) is 0 Å². The highest BCUT2D eigenvalue weighted by Crippen LogP contribution is 2.38. The van der Waals surface area contributed by atoms with Crippen LogP contribution in [0.15, 0.2) is 18.2 Å². The topological polar surface area (TPSA) is 40.5 Å². The van der Waals surface area contributed by atoms with Crippen LogP contribution in [-0.2, 0) is 11.3 Å². The van der Waals surface area contributed by atoms with Gasteiger partial charge in [0.1, 0.15) is 5.82 Å². The Hall–Kier alpha value is -1.05. The fourth-order valence-electron chi connectivity index (χ4n) is 2.49. The third-order valence-corrected chi connectivity index (χ3v) is 3.89. The van der Waals surface area contributed by atoms with Gasteiger partial charge in [0.25, 0.3) is 0 Å². The quantitative estimate of drug-likeness (QED) is 0.836. The van der Waals surface area contributed by atoms with Gasteiger partial charge in [-0.1, -0.05) is 17.7 Å². The average molecular weight is 362 g/mol. The van der Waals surface area contributed by atoms with Crippen molar-refractivity contribution in [2.45, 2.75) is 12.7 Å². The fraction of sp³-hybridized carbons (Fsp3) is 0.462. The lowest BCUT2D eigenvalue weighted by Crippen LogP contribution is -2.33. The highest BCUT2D eigenvalue weighted by molar-refractivity contribution is 6.31. The largest absolute Gasteiger partial charge is 0.481 e. The Morgan fingerprint density at radius 1 is 1.36 bits per heavy atom. The summed E-state index contributed by atoms with van der Waals surface area (Å²) in [5.41, 5.74) is 0.463. The van der Waals surface area contributed by atoms with E-state index in [1.54, 1.807) is 0 Å². The van der Waals surface area contributed by atoms with E-state index in [1.807, 2.05) is 0 Å². The van der Waals surface area contributed by atoms with Gasteiger partial charge in [-0.05, 0) is 17.7 Å². The van der Waals surface area contributed by atoms with Gasteiger partial charge < -0.3 is 5.11 Å². The molecule has 124 valence electrons. The molecule has 0 radical (unpaired) electrons. The number of nitrogens with zero attached hydrogens (tertiary/aromatic N) is 1. The van der Waals surface area contributed by atoms with Crippen molar-refractivity contribution in [3.8, 4) is 0 Å². The minimum absolute atomic E-state index is 0. The van der Waals surface area contributed by atoms with Crippen molar-refractivity contribution in [2.24, 2.45) is 11.8 Å². The molecule has 0 bridgehead atoms. The monoisotopic (exact) mass is 361 g/mol. The highest BCUT2D eigenvalue weighted by atomic mass is 35.5. The molecule has 1 heterocycles. The molecular formula is C13H13Cl2F4NO2. The van der Waals surface area contributed by atoms with Gasteiger partial charge in [-0.2, -0.15) is 13.2 Å². The second-order valence-electron chi connectivity index (χ2n) is 5.02. The Kier molecular flexibility index (Phi) is 6.06. The van der Waals surface area contributed by atoms with Crippen LogP contribution in [0.3, 0.4) is 0 Å². The molecule has 0 unspecified atom stereocenters. The van der Waals surface area contributed by atoms with Gasteiger partial charge in [-0.3, -0.25) is 9.69 Å². The van der Waals surface area contributed by atoms with Gasteiger partial charge in [0.15, 0.2) is 0 Å². The van der Waals surface area contributed by atoms with E-state index in [4.69, 9.17) is 16.7 Å². The van der Waals surface area contributed by atoms with Crippen molar-refractivity contribution < 1.29 is 27.5 Å². The van der Waals surface area contributed by atoms with Crippen molar-refractivity contribution in [1.82, 2.24) is 4.90 Å². The standard InChI is InChI=1S/C13H12ClF4NO2.ClH/c14-11-3-8(15)2-1-7(11)4-19-5-9(12(20)21)10(6-19)13(16,17)18;/h1-3,9-10H,4-6H2,(H,20,21);1H/t9-,10-;/m1./s1. The second-order valence-corrected chi connectivity index (χ2v) is 5.43. The van der Waals surface area contributed by atoms with Crippen LogP contribution in [0, 0.1) is 17.7 Å². The van der Waals surface area contributed by atoms with E-state index in [2.05, 4.69) is 0 Å². The summed E-state index contributed by atoms with van der Waals surface area (Å²) < 4.78 is 51.5. The van der Waals surface area contributed by atoms with Crippen molar-refractivity contribution >= 4 is 30.0 Å². The van der Waals surface area contributed by atoms with Crippen LogP contribution in [0.4, 0.5) is 17.6 Å². The molecule has 1 aliphatic heterocycles. The number of likely N-dealkylation sites (tertiary alicyclic amines) is 1. The Labute approximate surface area is 135 Å². The molecule has 9 heteroatoms. The van der Waals surface area contributed by atoms with E-state index in [0.717, 1.165) is 12.1 Å². The third kappa shape index (κ3) is 4.24. The zero-order valence-corrected chi connectivity index (χ0v) is 12.7. The van der Waals surface area contributed by atoms with Crippen LogP contribution in [-0.4, -0.2) is 35.2 Å². The zero-order chi connectivity index (χ0) is 15.8. The molecule has 1 aromatic carbocycles. The first-order valence-electron chi connectivity index (χ1n) is 6.14. The Morgan fingerprint density at radius 3 is 2.45 bits per heavy atom. The highest BCUT2D eigenvalue weighted by Gasteiger charge is 2.52. The maximum atomic E-state index is 12.9. The lowest BCUT2D eigenvalue weighted by Gasteiger charge is -2.18. The summed E-state index contributed by atoms with van der Waals surface area (Å²) in [6, 6.07) is 3.62. The molecule has 1 N–H and O–H groups in total. The number of carboxylic acids is 1. The lowest BCUT2D eigenvalue weighted by atomic mass is 9.96. The van der Waals surface area contributed by atoms with Crippen LogP contribution < -0.4 is 0 Å². The number of hydrogen-bond donors (Lipinski definition) is 1. The number of aliphatic carboxylic acids is 1. The van der Waals surface area contributed by atoms with E-state index < -0.39 is 36.3 Å². The molecule has 1 saturated heterocycles. The van der Waals surface area contributed by atoms with Gasteiger partial charge in [-0.25, -0.2) is 4.39 Å². The molecular weight excluding hydrogens is 349 g/mol. The number of carbonyl (C=O) groups is 1. The van der Waals surface area contributed by atoms with Crippen molar-refractivity contribution in [3.05, 3.63) is 34.6 Å². The molecule has 0 aliphatic carbocycles. The first kappa shape index (κ1) is 19.0. The van der Waals surface area contributed by atoms with Crippen molar-refractivity contribution in [1.29, 1.82) is 0 Å². The number of halogens is 6. The number of carboxylic acid groups (broad SMARTS) is 1. The summed E-state index contributed by atoms with van der Waals surface area (Å²) in [6.45, 7) is -0.573. The smallest absolute Gasteiger partial charge is 0.393 e. The molecule has 0 spiro atoms. The summed E-state index contributed by atoms with van der Waals surface area (Å²) in [6.07, 6.45) is -4.57. The van der Waals surface area contributed by atoms with Crippen molar-refractivity contribution in [2.75, 3.05) is 13.1 Å². The van der Waals surface area contributed by atoms with Gasteiger partial charge >= 0.3 is 12.1 Å². The first-order chi connectivity index (χ1) is 9.68. The normalized spacial score (nSPS) is 22.4. The predicted molar refractivity (Wildman–Crippen MR) is 74.6 cm³/mol. The maximum Gasteiger partial charge on any atom is 0.393 e. The van der Waals surface area contributed by atoms with Gasteiger partial charge in [0, 0.05) is 24.7 Å². The van der Waals surface area contributed by atoms with E-state index >= 15 is 0 Å². The fourth-order valence-corrected chi connectivity index (χ4v) is 2.71. The molecule has 3 nitrogen and oxygen atoms in total. The molecule has 1 aliphatic rings. The Bertz CT molecular complexity index is 553. The average Bonchev–Trinajstić information content (AvgIpc) is 2.77. The summed E-state index contributed by atoms with van der Waals surface area (Å²) in [4.78, 5) is 12.3. The maximum absolute atomic E-state index is 12.9. The molecule has 22 heavy (non-hydrogen) atoms. The lowest BCUT2D eigenvalue weighted by molar-refractivity contribution is -0.188. The van der Waals surface area contributed by atoms with E-state index in [9.17, 15) is 22.4 Å². The number of benzene rings is 1. The van der Waals surface area contributed by atoms with E-state index in [0.29, 0.717) is 5.56 Å². The Morgan fingerprint density at radius 2 is 2.00 bits per heavy atom. The predicted octanol–water partition coefficient (Wildman–Crippen LogP) is 3.60. The van der Waals surface area contributed by atoms with E-state index in [-0.39, 0.29) is 30.5 Å². The summed E-state index contributed by atoms with van der Waals surface area (Å²) in [5, 5.41) is 9.03. The van der Waals surface area contributed by atoms with Crippen LogP contribution in [0.2, 0.25) is 5.02 Å². The number of alkyl halides is 3. The molecule has 2 rings (SSSR count). The molecule has 1 fully saturated rings. The first-order valence-corrected chi connectivity index (χ1v) is 6.52. The summed E-state index contributed by atoms with van der Waals surface area (Å²) in [5.74, 6) is -5.41. The second kappa shape index (κ2) is 7.02. The SMILES string of the molecule is Cl.O=C(O)[C@@H]1CN(Cc2ccc(F)cc2Cl)C[C@H]1C(F)(F)F. The van der Waals surface area contributed by atoms with Crippen LogP contribution in [0.1, 0.15) is 5.56 Å². The van der Waals surface area contributed by atoms with Gasteiger partial charge in [-0.15, -0.1) is 12.4 Å². The third-order valence-electron chi connectivity index (χ3n) is 3.54. The number of rotatable bonds is 3. The minimum Gasteiger partial charge on any atom is -0.481 e. The molecule has 0 saturated carbocycles. The summed E-state index contributed by atoms with van der Waals surface area (Å²) in [7, 11) is 0. The molecule has 0 aromatic heterocycles. The van der Waals surface area contributed by atoms with Crippen LogP contribution in [0.5, 0.6) is 0 Å². The van der Waals surface area contributed by atoms with Gasteiger partial charge in [0.05, 0.1) is 11.8 Å². The summed E-state index contributed by atoms with van der Waals surface area (Å²) >= 11 is 5.83. The molecule has 2 atom stereocenters. The van der Waals surface area contributed by atoms with Gasteiger partial charge in [0.2, 0.25) is 0 Å².